The maximum Gasteiger partial charge on any atom is 0.267 e. The number of benzene rings is 2. The molecule has 1 saturated heterocycles. The Morgan fingerprint density at radius 3 is 2.50 bits per heavy atom. The standard InChI is InChI=1S/C20H18N2OS/c1-3-13-22-19(23)18(14-16-11-9-15(2)10-12-16)24-20(22)21-17-7-5-4-6-8-17/h3-12,14H,1,13H2,2H3/b18-14+,21-20?. The number of hydrogen-bond donors (Lipinski definition) is 0. The third-order valence-corrected chi connectivity index (χ3v) is 4.56. The molecule has 1 aliphatic rings. The highest BCUT2D eigenvalue weighted by Gasteiger charge is 2.32. The minimum atomic E-state index is -0.0323. The van der Waals surface area contributed by atoms with Crippen molar-refractivity contribution in [2.24, 2.45) is 4.99 Å². The molecule has 1 fully saturated rings. The molecule has 0 aliphatic carbocycles. The highest BCUT2D eigenvalue weighted by atomic mass is 32.2. The number of rotatable bonds is 4. The van der Waals surface area contributed by atoms with E-state index in [2.05, 4.69) is 11.6 Å². The van der Waals surface area contributed by atoms with Crippen LogP contribution in [0.2, 0.25) is 0 Å². The van der Waals surface area contributed by atoms with E-state index in [4.69, 9.17) is 0 Å². The van der Waals surface area contributed by atoms with E-state index in [1.807, 2.05) is 67.6 Å². The van der Waals surface area contributed by atoms with Gasteiger partial charge in [0.25, 0.3) is 5.91 Å². The first-order valence-electron chi connectivity index (χ1n) is 7.70. The molecule has 0 unspecified atom stereocenters. The van der Waals surface area contributed by atoms with Crippen molar-refractivity contribution in [2.45, 2.75) is 6.92 Å². The van der Waals surface area contributed by atoms with Crippen LogP contribution in [-0.4, -0.2) is 22.5 Å². The van der Waals surface area contributed by atoms with Gasteiger partial charge in [-0.1, -0.05) is 54.1 Å². The fourth-order valence-electron chi connectivity index (χ4n) is 2.31. The SMILES string of the molecule is C=CCN1C(=O)/C(=C\c2ccc(C)cc2)SC1=Nc1ccccc1. The van der Waals surface area contributed by atoms with Crippen LogP contribution in [0.15, 0.2) is 77.1 Å². The number of aliphatic imine (C=N–C) groups is 1. The van der Waals surface area contributed by atoms with Gasteiger partial charge >= 0.3 is 0 Å². The summed E-state index contributed by atoms with van der Waals surface area (Å²) in [6.07, 6.45) is 3.63. The van der Waals surface area contributed by atoms with Gasteiger partial charge in [0.1, 0.15) is 0 Å². The molecule has 120 valence electrons. The molecule has 3 nitrogen and oxygen atoms in total. The highest BCUT2D eigenvalue weighted by molar-refractivity contribution is 8.18. The smallest absolute Gasteiger partial charge is 0.267 e. The van der Waals surface area contributed by atoms with Crippen molar-refractivity contribution in [3.63, 3.8) is 0 Å². The van der Waals surface area contributed by atoms with Gasteiger partial charge in [-0.15, -0.1) is 6.58 Å². The van der Waals surface area contributed by atoms with Gasteiger partial charge in [0, 0.05) is 6.54 Å². The van der Waals surface area contributed by atoms with Crippen LogP contribution in [0.25, 0.3) is 6.08 Å². The molecule has 0 radical (unpaired) electrons. The Hall–Kier alpha value is -2.59. The van der Waals surface area contributed by atoms with Crippen LogP contribution >= 0.6 is 11.8 Å². The van der Waals surface area contributed by atoms with E-state index in [9.17, 15) is 4.79 Å². The molecule has 4 heteroatoms. The topological polar surface area (TPSA) is 32.7 Å². The summed E-state index contributed by atoms with van der Waals surface area (Å²) in [6, 6.07) is 17.8. The first-order chi connectivity index (χ1) is 11.7. The molecule has 0 spiro atoms. The zero-order valence-corrected chi connectivity index (χ0v) is 14.3. The summed E-state index contributed by atoms with van der Waals surface area (Å²) in [7, 11) is 0. The molecule has 0 bridgehead atoms. The molecule has 0 aromatic heterocycles. The lowest BCUT2D eigenvalue weighted by Crippen LogP contribution is -2.29. The molecule has 1 aliphatic heterocycles. The second-order valence-electron chi connectivity index (χ2n) is 5.46. The quantitative estimate of drug-likeness (QED) is 0.595. The number of carbonyl (C=O) groups is 1. The summed E-state index contributed by atoms with van der Waals surface area (Å²) in [5, 5.41) is 0.685. The van der Waals surface area contributed by atoms with Crippen molar-refractivity contribution < 1.29 is 4.79 Å². The Morgan fingerprint density at radius 2 is 1.83 bits per heavy atom. The molecule has 3 rings (SSSR count). The summed E-state index contributed by atoms with van der Waals surface area (Å²) in [5.41, 5.74) is 3.04. The molecule has 24 heavy (non-hydrogen) atoms. The van der Waals surface area contributed by atoms with Crippen LogP contribution < -0.4 is 0 Å². The molecular formula is C20H18N2OS. The molecule has 2 aromatic carbocycles. The van der Waals surface area contributed by atoms with E-state index >= 15 is 0 Å². The number of aryl methyl sites for hydroxylation is 1. The number of para-hydroxylation sites is 1. The normalized spacial score (nSPS) is 17.7. The van der Waals surface area contributed by atoms with Gasteiger partial charge in [-0.05, 0) is 42.5 Å². The maximum atomic E-state index is 12.7. The van der Waals surface area contributed by atoms with Crippen LogP contribution in [0, 0.1) is 6.92 Å². The molecule has 0 atom stereocenters. The van der Waals surface area contributed by atoms with E-state index in [0.717, 1.165) is 11.3 Å². The third-order valence-electron chi connectivity index (χ3n) is 3.56. The summed E-state index contributed by atoms with van der Waals surface area (Å²) in [5.74, 6) is -0.0323. The fourth-order valence-corrected chi connectivity index (χ4v) is 3.32. The van der Waals surface area contributed by atoms with Crippen molar-refractivity contribution >= 4 is 34.6 Å². The molecule has 1 heterocycles. The molecular weight excluding hydrogens is 316 g/mol. The first-order valence-corrected chi connectivity index (χ1v) is 8.52. The van der Waals surface area contributed by atoms with Crippen molar-refractivity contribution in [1.82, 2.24) is 4.90 Å². The maximum absolute atomic E-state index is 12.7. The van der Waals surface area contributed by atoms with Gasteiger partial charge in [0.05, 0.1) is 10.6 Å². The number of thioether (sulfide) groups is 1. The molecule has 1 amide bonds. The predicted octanol–water partition coefficient (Wildman–Crippen LogP) is 4.79. The van der Waals surface area contributed by atoms with E-state index in [1.165, 1.54) is 17.3 Å². The van der Waals surface area contributed by atoms with Gasteiger partial charge < -0.3 is 0 Å². The first kappa shape index (κ1) is 16.3. The van der Waals surface area contributed by atoms with Gasteiger partial charge in [0.15, 0.2) is 5.17 Å². The van der Waals surface area contributed by atoms with Gasteiger partial charge in [-0.2, -0.15) is 0 Å². The highest BCUT2D eigenvalue weighted by Crippen LogP contribution is 2.34. The van der Waals surface area contributed by atoms with Gasteiger partial charge in [-0.25, -0.2) is 4.99 Å². The molecule has 0 saturated carbocycles. The molecule has 2 aromatic rings. The van der Waals surface area contributed by atoms with Crippen LogP contribution in [-0.2, 0) is 4.79 Å². The third kappa shape index (κ3) is 3.66. The van der Waals surface area contributed by atoms with E-state index in [-0.39, 0.29) is 5.91 Å². The summed E-state index contributed by atoms with van der Waals surface area (Å²) < 4.78 is 0. The Bertz CT molecular complexity index is 807. The Balaban J connectivity index is 1.93. The fraction of sp³-hybridized carbons (Fsp3) is 0.100. The Labute approximate surface area is 146 Å². The van der Waals surface area contributed by atoms with E-state index in [0.29, 0.717) is 16.6 Å². The minimum Gasteiger partial charge on any atom is -0.283 e. The zero-order valence-electron chi connectivity index (χ0n) is 13.5. The van der Waals surface area contributed by atoms with Crippen molar-refractivity contribution in [3.05, 3.63) is 83.3 Å². The van der Waals surface area contributed by atoms with Crippen molar-refractivity contribution in [2.75, 3.05) is 6.54 Å². The number of amidine groups is 1. The Kier molecular flexibility index (Phi) is 4.96. The number of hydrogen-bond acceptors (Lipinski definition) is 3. The average molecular weight is 334 g/mol. The largest absolute Gasteiger partial charge is 0.283 e. The predicted molar refractivity (Wildman–Crippen MR) is 102 cm³/mol. The summed E-state index contributed by atoms with van der Waals surface area (Å²) in [6.45, 7) is 6.23. The van der Waals surface area contributed by atoms with E-state index < -0.39 is 0 Å². The second kappa shape index (κ2) is 7.32. The lowest BCUT2D eigenvalue weighted by atomic mass is 10.1. The van der Waals surface area contributed by atoms with Crippen molar-refractivity contribution in [1.29, 1.82) is 0 Å². The van der Waals surface area contributed by atoms with Crippen LogP contribution in [0.4, 0.5) is 5.69 Å². The van der Waals surface area contributed by atoms with Gasteiger partial charge in [0.2, 0.25) is 0 Å². The van der Waals surface area contributed by atoms with Crippen LogP contribution in [0.5, 0.6) is 0 Å². The summed E-state index contributed by atoms with van der Waals surface area (Å²) >= 11 is 1.40. The van der Waals surface area contributed by atoms with Crippen LogP contribution in [0.1, 0.15) is 11.1 Å². The second-order valence-corrected chi connectivity index (χ2v) is 6.46. The monoisotopic (exact) mass is 334 g/mol. The number of amides is 1. The average Bonchev–Trinajstić information content (AvgIpc) is 2.87. The van der Waals surface area contributed by atoms with E-state index in [1.54, 1.807) is 11.0 Å². The van der Waals surface area contributed by atoms with Gasteiger partial charge in [-0.3, -0.25) is 9.69 Å². The minimum absolute atomic E-state index is 0.0323. The summed E-state index contributed by atoms with van der Waals surface area (Å²) in [4.78, 5) is 19.6. The van der Waals surface area contributed by atoms with Crippen LogP contribution in [0.3, 0.4) is 0 Å². The Morgan fingerprint density at radius 1 is 1.12 bits per heavy atom. The zero-order chi connectivity index (χ0) is 16.9. The van der Waals surface area contributed by atoms with Crippen molar-refractivity contribution in [3.8, 4) is 0 Å². The number of carbonyl (C=O) groups excluding carboxylic acids is 1. The lowest BCUT2D eigenvalue weighted by Gasteiger charge is -2.12. The lowest BCUT2D eigenvalue weighted by molar-refractivity contribution is -0.121. The number of nitrogens with zero attached hydrogens (tertiary/aromatic N) is 2. The molecule has 0 N–H and O–H groups in total.